The summed E-state index contributed by atoms with van der Waals surface area (Å²) in [5.74, 6) is 0.0807. The number of anilines is 1. The minimum absolute atomic E-state index is 0.0714. The van der Waals surface area contributed by atoms with Crippen LogP contribution in [0.25, 0.3) is 22.4 Å². The molecule has 1 aliphatic rings. The number of hydrogen-bond donors (Lipinski definition) is 4. The summed E-state index contributed by atoms with van der Waals surface area (Å²) in [5, 5.41) is 17.8. The minimum Gasteiger partial charge on any atom is -0.389 e. The number of aromatic amines is 1. The molecule has 0 aromatic carbocycles. The van der Waals surface area contributed by atoms with Crippen molar-refractivity contribution in [1.82, 2.24) is 25.3 Å². The quantitative estimate of drug-likeness (QED) is 0.419. The normalized spacial score (nSPS) is 20.1. The fourth-order valence-corrected chi connectivity index (χ4v) is 4.17. The number of aromatic nitrogens is 4. The van der Waals surface area contributed by atoms with Crippen LogP contribution in [-0.2, 0) is 4.74 Å². The fraction of sp³-hybridized carbons (Fsp3) is 0.476. The number of H-pyrrole nitrogens is 1. The van der Waals surface area contributed by atoms with E-state index in [-0.39, 0.29) is 17.9 Å². The number of ether oxygens (including phenoxy) is 1. The van der Waals surface area contributed by atoms with Crippen LogP contribution < -0.4 is 10.6 Å². The summed E-state index contributed by atoms with van der Waals surface area (Å²) in [7, 11) is 1.57. The van der Waals surface area contributed by atoms with Crippen LogP contribution >= 0.6 is 11.6 Å². The molecule has 1 fully saturated rings. The Kier molecular flexibility index (Phi) is 6.96. The second kappa shape index (κ2) is 9.86. The monoisotopic (exact) mass is 448 g/mol. The first kappa shape index (κ1) is 21.9. The van der Waals surface area contributed by atoms with Gasteiger partial charge in [-0.2, -0.15) is 0 Å². The Balaban J connectivity index is 1.47. The van der Waals surface area contributed by atoms with Crippen LogP contribution in [0.3, 0.4) is 0 Å². The molecule has 4 rings (SSSR count). The summed E-state index contributed by atoms with van der Waals surface area (Å²) in [6, 6.07) is 2.09. The molecule has 3 aromatic heterocycles. The highest BCUT2D eigenvalue weighted by Crippen LogP contribution is 2.29. The Labute approximate surface area is 184 Å². The van der Waals surface area contributed by atoms with Crippen LogP contribution in [0.4, 0.5) is 10.2 Å². The average molecular weight is 449 g/mol. The van der Waals surface area contributed by atoms with Crippen LogP contribution in [0.2, 0.25) is 5.02 Å². The number of pyridine rings is 1. The van der Waals surface area contributed by atoms with Crippen molar-refractivity contribution < 1.29 is 14.2 Å². The number of aliphatic hydroxyl groups excluding tert-OH is 1. The van der Waals surface area contributed by atoms with Gasteiger partial charge in [0.05, 0.1) is 23.9 Å². The van der Waals surface area contributed by atoms with E-state index in [1.54, 1.807) is 25.6 Å². The Bertz CT molecular complexity index is 1030. The largest absolute Gasteiger partial charge is 0.389 e. The number of nitrogens with one attached hydrogen (secondary N) is 3. The molecule has 0 aliphatic heterocycles. The van der Waals surface area contributed by atoms with Gasteiger partial charge < -0.3 is 25.5 Å². The van der Waals surface area contributed by atoms with Crippen molar-refractivity contribution in [3.63, 3.8) is 0 Å². The molecule has 0 radical (unpaired) electrons. The van der Waals surface area contributed by atoms with E-state index in [1.807, 2.05) is 0 Å². The zero-order valence-electron chi connectivity index (χ0n) is 17.2. The number of halogens is 2. The Morgan fingerprint density at radius 2 is 2.16 bits per heavy atom. The number of nitrogens with zero attached hydrogens (tertiary/aromatic N) is 3. The second-order valence-corrected chi connectivity index (χ2v) is 8.30. The van der Waals surface area contributed by atoms with Gasteiger partial charge in [0, 0.05) is 49.1 Å². The van der Waals surface area contributed by atoms with E-state index in [2.05, 4.69) is 30.6 Å². The second-order valence-electron chi connectivity index (χ2n) is 7.86. The molecule has 0 spiro atoms. The van der Waals surface area contributed by atoms with Crippen LogP contribution in [0.15, 0.2) is 24.7 Å². The molecule has 0 saturated heterocycles. The lowest BCUT2D eigenvalue weighted by atomic mass is 9.91. The summed E-state index contributed by atoms with van der Waals surface area (Å²) in [4.78, 5) is 15.9. The van der Waals surface area contributed by atoms with E-state index >= 15 is 0 Å². The molecule has 0 bridgehead atoms. The first-order valence-corrected chi connectivity index (χ1v) is 10.7. The molecule has 1 saturated carbocycles. The molecular weight excluding hydrogens is 423 g/mol. The third kappa shape index (κ3) is 5.30. The predicted molar refractivity (Wildman–Crippen MR) is 118 cm³/mol. The van der Waals surface area contributed by atoms with E-state index in [1.165, 1.54) is 6.20 Å². The van der Waals surface area contributed by atoms with Gasteiger partial charge in [0.25, 0.3) is 0 Å². The Hall–Kier alpha value is -2.33. The molecule has 3 atom stereocenters. The van der Waals surface area contributed by atoms with Crippen LogP contribution in [0, 0.1) is 5.82 Å². The molecule has 3 aromatic rings. The van der Waals surface area contributed by atoms with Crippen LogP contribution in [0.1, 0.15) is 25.7 Å². The molecule has 10 heteroatoms. The van der Waals surface area contributed by atoms with E-state index in [4.69, 9.17) is 16.3 Å². The molecule has 1 aliphatic carbocycles. The zero-order valence-corrected chi connectivity index (χ0v) is 18.0. The standard InChI is InChI=1S/C21H26ClFN6O2/c1-31-11-15(30)8-24-13-3-2-4-14(6-13)28-21-18(23)10-27-20(29-21)17-9-26-19-16(17)5-12(22)7-25-19/h5,7,9-10,13-15,24,30H,2-4,6,8,11H2,1H3,(H,25,26)(H,27,28,29)/t13-,14?,15?/m1/s1. The maximum Gasteiger partial charge on any atom is 0.183 e. The summed E-state index contributed by atoms with van der Waals surface area (Å²) in [5.41, 5.74) is 1.38. The molecule has 3 heterocycles. The topological polar surface area (TPSA) is 108 Å². The van der Waals surface area contributed by atoms with Crippen LogP contribution in [0.5, 0.6) is 0 Å². The number of hydrogen-bond acceptors (Lipinski definition) is 7. The van der Waals surface area contributed by atoms with Gasteiger partial charge >= 0.3 is 0 Å². The number of rotatable bonds is 8. The zero-order chi connectivity index (χ0) is 21.8. The van der Waals surface area contributed by atoms with Gasteiger partial charge in [-0.25, -0.2) is 19.3 Å². The summed E-state index contributed by atoms with van der Waals surface area (Å²) in [6.45, 7) is 0.763. The highest BCUT2D eigenvalue weighted by molar-refractivity contribution is 6.31. The number of methoxy groups -OCH3 is 1. The molecule has 166 valence electrons. The van der Waals surface area contributed by atoms with Gasteiger partial charge in [0.15, 0.2) is 17.5 Å². The van der Waals surface area contributed by atoms with E-state index < -0.39 is 11.9 Å². The lowest BCUT2D eigenvalue weighted by molar-refractivity contribution is 0.0616. The first-order chi connectivity index (χ1) is 15.0. The van der Waals surface area contributed by atoms with Gasteiger partial charge in [0.2, 0.25) is 0 Å². The average Bonchev–Trinajstić information content (AvgIpc) is 3.17. The maximum absolute atomic E-state index is 14.5. The third-order valence-electron chi connectivity index (χ3n) is 5.50. The lowest BCUT2D eigenvalue weighted by Gasteiger charge is -2.31. The van der Waals surface area contributed by atoms with Crippen molar-refractivity contribution in [3.05, 3.63) is 35.5 Å². The van der Waals surface area contributed by atoms with Crippen molar-refractivity contribution in [2.45, 2.75) is 43.9 Å². The molecule has 31 heavy (non-hydrogen) atoms. The van der Waals surface area contributed by atoms with Crippen LogP contribution in [-0.4, -0.2) is 63.5 Å². The molecule has 8 nitrogen and oxygen atoms in total. The van der Waals surface area contributed by atoms with Gasteiger partial charge in [0.1, 0.15) is 5.65 Å². The lowest BCUT2D eigenvalue weighted by Crippen LogP contribution is -2.42. The SMILES string of the molecule is COCC(O)CN[C@@H]1CCCC(Nc2nc(-c3c[nH]c4ncc(Cl)cc34)ncc2F)C1. The predicted octanol–water partition coefficient (Wildman–Crippen LogP) is 3.13. The summed E-state index contributed by atoms with van der Waals surface area (Å²) in [6.07, 6.45) is 7.69. The van der Waals surface area contributed by atoms with Crippen molar-refractivity contribution in [2.24, 2.45) is 0 Å². The van der Waals surface area contributed by atoms with E-state index in [9.17, 15) is 9.50 Å². The van der Waals surface area contributed by atoms with E-state index in [0.29, 0.717) is 35.2 Å². The van der Waals surface area contributed by atoms with Gasteiger partial charge in [-0.1, -0.05) is 11.6 Å². The van der Waals surface area contributed by atoms with E-state index in [0.717, 1.165) is 31.1 Å². The highest BCUT2D eigenvalue weighted by Gasteiger charge is 2.24. The summed E-state index contributed by atoms with van der Waals surface area (Å²) >= 11 is 6.08. The maximum atomic E-state index is 14.5. The Morgan fingerprint density at radius 1 is 1.32 bits per heavy atom. The van der Waals surface area contributed by atoms with Gasteiger partial charge in [-0.05, 0) is 31.7 Å². The first-order valence-electron chi connectivity index (χ1n) is 10.4. The van der Waals surface area contributed by atoms with Crippen molar-refractivity contribution >= 4 is 28.5 Å². The molecular formula is C21H26ClFN6O2. The molecule has 0 amide bonds. The highest BCUT2D eigenvalue weighted by atomic mass is 35.5. The minimum atomic E-state index is -0.542. The fourth-order valence-electron chi connectivity index (χ4n) is 4.01. The number of aliphatic hydroxyl groups is 1. The van der Waals surface area contributed by atoms with Gasteiger partial charge in [-0.3, -0.25) is 0 Å². The van der Waals surface area contributed by atoms with Crippen molar-refractivity contribution in [1.29, 1.82) is 0 Å². The number of fused-ring (bicyclic) bond motifs is 1. The van der Waals surface area contributed by atoms with Crippen molar-refractivity contribution in [3.8, 4) is 11.4 Å². The van der Waals surface area contributed by atoms with Crippen molar-refractivity contribution in [2.75, 3.05) is 25.6 Å². The summed E-state index contributed by atoms with van der Waals surface area (Å²) < 4.78 is 19.4. The smallest absolute Gasteiger partial charge is 0.183 e. The Morgan fingerprint density at radius 3 is 3.00 bits per heavy atom. The molecule has 2 unspecified atom stereocenters. The molecule has 4 N–H and O–H groups in total. The van der Waals surface area contributed by atoms with Gasteiger partial charge in [-0.15, -0.1) is 0 Å². The third-order valence-corrected chi connectivity index (χ3v) is 5.71.